The fourth-order valence-corrected chi connectivity index (χ4v) is 5.83. The lowest BCUT2D eigenvalue weighted by molar-refractivity contribution is -0.201. The van der Waals surface area contributed by atoms with Crippen molar-refractivity contribution in [2.24, 2.45) is 0 Å². The zero-order valence-electron chi connectivity index (χ0n) is 20.7. The van der Waals surface area contributed by atoms with Gasteiger partial charge in [-0.1, -0.05) is 81.2 Å². The fourth-order valence-electron chi connectivity index (χ4n) is 4.41. The number of halogens is 2. The average molecular weight is 521 g/mol. The van der Waals surface area contributed by atoms with Crippen LogP contribution in [0.1, 0.15) is 70.7 Å². The van der Waals surface area contributed by atoms with Crippen molar-refractivity contribution in [2.75, 3.05) is 5.75 Å². The van der Waals surface area contributed by atoms with Crippen LogP contribution >= 0.6 is 35.0 Å². The Balaban J connectivity index is 2.19. The summed E-state index contributed by atoms with van der Waals surface area (Å²) in [5, 5.41) is 1.30. The number of carbonyl (C=O) groups excluding carboxylic acids is 1. The van der Waals surface area contributed by atoms with E-state index in [1.807, 2.05) is 67.2 Å². The Kier molecular flexibility index (Phi) is 8.84. The Morgan fingerprint density at radius 1 is 1.15 bits per heavy atom. The summed E-state index contributed by atoms with van der Waals surface area (Å²) in [6.45, 7) is 14.5. The van der Waals surface area contributed by atoms with Gasteiger partial charge >= 0.3 is 0 Å². The second kappa shape index (κ2) is 11.1. The highest BCUT2D eigenvalue weighted by molar-refractivity contribution is 8.00. The Hall–Kier alpha value is -1.46. The summed E-state index contributed by atoms with van der Waals surface area (Å²) >= 11 is 14.5. The van der Waals surface area contributed by atoms with E-state index in [1.165, 1.54) is 0 Å². The summed E-state index contributed by atoms with van der Waals surface area (Å²) in [4.78, 5) is 16.2. The molecule has 0 N–H and O–H groups in total. The molecule has 6 heteroatoms. The Morgan fingerprint density at radius 2 is 1.82 bits per heavy atom. The molecule has 1 fully saturated rings. The highest BCUT2D eigenvalue weighted by Crippen LogP contribution is 2.48. The van der Waals surface area contributed by atoms with Crippen molar-refractivity contribution in [1.82, 2.24) is 4.90 Å². The van der Waals surface area contributed by atoms with Gasteiger partial charge in [-0.15, -0.1) is 6.58 Å². The summed E-state index contributed by atoms with van der Waals surface area (Å²) in [6.07, 6.45) is 2.63. The molecule has 2 aromatic rings. The molecule has 4 atom stereocenters. The number of thioether (sulfide) groups is 1. The molecule has 0 aliphatic carbocycles. The van der Waals surface area contributed by atoms with Crippen molar-refractivity contribution in [3.63, 3.8) is 0 Å². The number of morpholine rings is 1. The van der Waals surface area contributed by atoms with Crippen LogP contribution in [0.25, 0.3) is 0 Å². The Morgan fingerprint density at radius 3 is 2.38 bits per heavy atom. The first kappa shape index (κ1) is 27.1. The summed E-state index contributed by atoms with van der Waals surface area (Å²) in [5.74, 6) is 0.828. The van der Waals surface area contributed by atoms with Gasteiger partial charge in [-0.3, -0.25) is 4.79 Å². The van der Waals surface area contributed by atoms with Gasteiger partial charge in [0.1, 0.15) is 11.7 Å². The van der Waals surface area contributed by atoms with Gasteiger partial charge in [-0.2, -0.15) is 11.8 Å². The normalized spacial score (nSPS) is 24.2. The number of benzene rings is 2. The van der Waals surface area contributed by atoms with Crippen LogP contribution in [0.15, 0.2) is 61.2 Å². The SMILES string of the molecule is C=CCC1(C)OC(c2cccc(Cl)c2)C(c2ccc(Cl)cc2)N(C(CC)CSC(C)(C)C)C1=O. The molecule has 2 aromatic carbocycles. The van der Waals surface area contributed by atoms with Crippen LogP contribution < -0.4 is 0 Å². The smallest absolute Gasteiger partial charge is 0.255 e. The molecule has 1 saturated heterocycles. The predicted molar refractivity (Wildman–Crippen MR) is 146 cm³/mol. The minimum atomic E-state index is -1.02. The molecule has 1 amide bonds. The van der Waals surface area contributed by atoms with Gasteiger partial charge in [0.05, 0.1) is 6.04 Å². The third-order valence-electron chi connectivity index (χ3n) is 6.16. The first-order valence-corrected chi connectivity index (χ1v) is 13.5. The van der Waals surface area contributed by atoms with Crippen molar-refractivity contribution in [1.29, 1.82) is 0 Å². The van der Waals surface area contributed by atoms with E-state index in [1.54, 1.807) is 6.08 Å². The number of nitrogens with zero attached hydrogens (tertiary/aromatic N) is 1. The van der Waals surface area contributed by atoms with Crippen LogP contribution in [0.3, 0.4) is 0 Å². The van der Waals surface area contributed by atoms with E-state index >= 15 is 0 Å². The molecule has 3 nitrogen and oxygen atoms in total. The van der Waals surface area contributed by atoms with Crippen molar-refractivity contribution in [3.8, 4) is 0 Å². The maximum absolute atomic E-state index is 14.1. The maximum Gasteiger partial charge on any atom is 0.255 e. The lowest BCUT2D eigenvalue weighted by Gasteiger charge is -2.52. The van der Waals surface area contributed by atoms with Crippen molar-refractivity contribution >= 4 is 40.9 Å². The van der Waals surface area contributed by atoms with E-state index < -0.39 is 11.7 Å². The van der Waals surface area contributed by atoms with Gasteiger partial charge in [-0.05, 0) is 48.7 Å². The minimum absolute atomic E-state index is 0.00742. The molecule has 0 aromatic heterocycles. The molecule has 0 radical (unpaired) electrons. The second-order valence-electron chi connectivity index (χ2n) is 10.0. The van der Waals surface area contributed by atoms with Crippen LogP contribution in [0.4, 0.5) is 0 Å². The number of hydrogen-bond acceptors (Lipinski definition) is 3. The molecule has 3 rings (SSSR count). The number of ether oxygens (including phenoxy) is 1. The van der Waals surface area contributed by atoms with E-state index in [0.29, 0.717) is 16.5 Å². The molecule has 4 unspecified atom stereocenters. The van der Waals surface area contributed by atoms with Crippen LogP contribution in [0.5, 0.6) is 0 Å². The number of hydrogen-bond donors (Lipinski definition) is 0. The molecular weight excluding hydrogens is 485 g/mol. The minimum Gasteiger partial charge on any atom is -0.355 e. The summed E-state index contributed by atoms with van der Waals surface area (Å²) in [5.41, 5.74) is 0.915. The lowest BCUT2D eigenvalue weighted by atomic mass is 9.86. The van der Waals surface area contributed by atoms with E-state index in [2.05, 4.69) is 39.2 Å². The molecule has 34 heavy (non-hydrogen) atoms. The van der Waals surface area contributed by atoms with Gasteiger partial charge < -0.3 is 9.64 Å². The highest BCUT2D eigenvalue weighted by Gasteiger charge is 2.52. The first-order chi connectivity index (χ1) is 16.0. The summed E-state index contributed by atoms with van der Waals surface area (Å²) in [7, 11) is 0. The predicted octanol–water partition coefficient (Wildman–Crippen LogP) is 8.28. The van der Waals surface area contributed by atoms with Gasteiger partial charge in [0.25, 0.3) is 5.91 Å². The number of amides is 1. The van der Waals surface area contributed by atoms with Crippen molar-refractivity contribution < 1.29 is 9.53 Å². The fraction of sp³-hybridized carbons (Fsp3) is 0.464. The number of carbonyl (C=O) groups is 1. The zero-order chi connectivity index (χ0) is 25.1. The largest absolute Gasteiger partial charge is 0.355 e. The van der Waals surface area contributed by atoms with Gasteiger partial charge in [0.2, 0.25) is 0 Å². The van der Waals surface area contributed by atoms with Crippen molar-refractivity contribution in [2.45, 2.75) is 76.0 Å². The Labute approximate surface area is 218 Å². The molecule has 1 heterocycles. The molecule has 0 saturated carbocycles. The molecular formula is C28H35Cl2NO2S. The van der Waals surface area contributed by atoms with Crippen LogP contribution in [0, 0.1) is 0 Å². The average Bonchev–Trinajstić information content (AvgIpc) is 2.77. The molecule has 184 valence electrons. The Bertz CT molecular complexity index is 1000. The van der Waals surface area contributed by atoms with E-state index in [-0.39, 0.29) is 22.7 Å². The van der Waals surface area contributed by atoms with Crippen LogP contribution in [0.2, 0.25) is 10.0 Å². The monoisotopic (exact) mass is 519 g/mol. The summed E-state index contributed by atoms with van der Waals surface area (Å²) in [6, 6.07) is 15.2. The van der Waals surface area contributed by atoms with Gasteiger partial charge in [0.15, 0.2) is 0 Å². The van der Waals surface area contributed by atoms with E-state index in [0.717, 1.165) is 23.3 Å². The maximum atomic E-state index is 14.1. The molecule has 1 aliphatic rings. The van der Waals surface area contributed by atoms with Crippen LogP contribution in [-0.4, -0.2) is 32.9 Å². The molecule has 0 bridgehead atoms. The first-order valence-electron chi connectivity index (χ1n) is 11.8. The van der Waals surface area contributed by atoms with E-state index in [9.17, 15) is 4.79 Å². The molecule has 1 aliphatic heterocycles. The second-order valence-corrected chi connectivity index (χ2v) is 12.7. The molecule has 0 spiro atoms. The quantitative estimate of drug-likeness (QED) is 0.328. The summed E-state index contributed by atoms with van der Waals surface area (Å²) < 4.78 is 6.77. The zero-order valence-corrected chi connectivity index (χ0v) is 23.0. The van der Waals surface area contributed by atoms with Gasteiger partial charge in [0, 0.05) is 33.0 Å². The lowest BCUT2D eigenvalue weighted by Crippen LogP contribution is -2.60. The third kappa shape index (κ3) is 6.20. The van der Waals surface area contributed by atoms with Crippen LogP contribution in [-0.2, 0) is 9.53 Å². The standard InChI is InChI=1S/C28H35Cl2NO2S/c1-7-16-28(6)26(32)31(23(8-2)18-34-27(3,4)5)24(19-12-14-21(29)15-13-19)25(33-28)20-10-9-11-22(30)17-20/h7,9-15,17,23-25H,1,8,16,18H2,2-6H3. The third-order valence-corrected chi connectivity index (χ3v) is 8.06. The van der Waals surface area contributed by atoms with Crippen molar-refractivity contribution in [3.05, 3.63) is 82.4 Å². The topological polar surface area (TPSA) is 29.5 Å². The van der Waals surface area contributed by atoms with E-state index in [4.69, 9.17) is 27.9 Å². The highest BCUT2D eigenvalue weighted by atomic mass is 35.5. The number of rotatable bonds is 8. The van der Waals surface area contributed by atoms with Gasteiger partial charge in [-0.25, -0.2) is 0 Å².